The van der Waals surface area contributed by atoms with Gasteiger partial charge in [0, 0.05) is 0 Å². The first-order valence-electron chi connectivity index (χ1n) is 11.7. The van der Waals surface area contributed by atoms with Crippen LogP contribution in [0.15, 0.2) is 30.8 Å². The predicted molar refractivity (Wildman–Crippen MR) is 122 cm³/mol. The van der Waals surface area contributed by atoms with E-state index >= 15 is 0 Å². The van der Waals surface area contributed by atoms with Crippen molar-refractivity contribution < 1.29 is 4.74 Å². The summed E-state index contributed by atoms with van der Waals surface area (Å²) in [6, 6.07) is 8.17. The zero-order valence-electron chi connectivity index (χ0n) is 18.0. The third kappa shape index (κ3) is 14.5. The lowest BCUT2D eigenvalue weighted by molar-refractivity contribution is 0.304. The SMILES string of the molecule is C=Cc1ccc(OCCCCCCCCCCCCCCCCCC)cc1. The number of hydrogen-bond donors (Lipinski definition) is 0. The molecule has 27 heavy (non-hydrogen) atoms. The van der Waals surface area contributed by atoms with E-state index in [1.54, 1.807) is 0 Å². The van der Waals surface area contributed by atoms with Gasteiger partial charge in [-0.05, 0) is 24.1 Å². The average Bonchev–Trinajstić information content (AvgIpc) is 2.70. The van der Waals surface area contributed by atoms with Crippen molar-refractivity contribution in [1.82, 2.24) is 0 Å². The third-order valence-corrected chi connectivity index (χ3v) is 5.38. The van der Waals surface area contributed by atoms with Gasteiger partial charge in [-0.3, -0.25) is 0 Å². The molecule has 0 radical (unpaired) electrons. The van der Waals surface area contributed by atoms with E-state index < -0.39 is 0 Å². The van der Waals surface area contributed by atoms with Crippen molar-refractivity contribution in [1.29, 1.82) is 0 Å². The zero-order chi connectivity index (χ0) is 19.4. The van der Waals surface area contributed by atoms with Crippen molar-refractivity contribution >= 4 is 6.08 Å². The summed E-state index contributed by atoms with van der Waals surface area (Å²) in [5, 5.41) is 0. The lowest BCUT2D eigenvalue weighted by atomic mass is 10.0. The van der Waals surface area contributed by atoms with Crippen LogP contribution in [0.5, 0.6) is 5.75 Å². The van der Waals surface area contributed by atoms with Crippen LogP contribution in [-0.2, 0) is 0 Å². The molecule has 0 bridgehead atoms. The van der Waals surface area contributed by atoms with Crippen molar-refractivity contribution in [3.8, 4) is 5.75 Å². The molecule has 0 amide bonds. The summed E-state index contributed by atoms with van der Waals surface area (Å²) in [4.78, 5) is 0. The Bertz CT molecular complexity index is 434. The topological polar surface area (TPSA) is 9.23 Å². The molecule has 0 unspecified atom stereocenters. The molecule has 0 fully saturated rings. The zero-order valence-corrected chi connectivity index (χ0v) is 18.0. The van der Waals surface area contributed by atoms with E-state index in [-0.39, 0.29) is 0 Å². The molecule has 154 valence electrons. The summed E-state index contributed by atoms with van der Waals surface area (Å²) in [5.74, 6) is 0.974. The Morgan fingerprint density at radius 2 is 1.04 bits per heavy atom. The third-order valence-electron chi connectivity index (χ3n) is 5.38. The van der Waals surface area contributed by atoms with Crippen LogP contribution in [0.3, 0.4) is 0 Å². The fourth-order valence-electron chi connectivity index (χ4n) is 3.54. The van der Waals surface area contributed by atoms with Crippen LogP contribution in [0.4, 0.5) is 0 Å². The van der Waals surface area contributed by atoms with Crippen LogP contribution >= 0.6 is 0 Å². The van der Waals surface area contributed by atoms with Gasteiger partial charge in [-0.1, -0.05) is 128 Å². The molecular weight excluding hydrogens is 328 g/mol. The molecule has 1 rings (SSSR count). The first kappa shape index (κ1) is 23.8. The molecule has 1 nitrogen and oxygen atoms in total. The summed E-state index contributed by atoms with van der Waals surface area (Å²) < 4.78 is 5.79. The van der Waals surface area contributed by atoms with Gasteiger partial charge in [0.25, 0.3) is 0 Å². The molecule has 0 spiro atoms. The van der Waals surface area contributed by atoms with Gasteiger partial charge in [0.1, 0.15) is 5.75 Å². The van der Waals surface area contributed by atoms with E-state index in [1.807, 2.05) is 18.2 Å². The van der Waals surface area contributed by atoms with E-state index in [1.165, 1.54) is 103 Å². The molecule has 1 aromatic rings. The van der Waals surface area contributed by atoms with Gasteiger partial charge in [0.05, 0.1) is 6.61 Å². The van der Waals surface area contributed by atoms with Crippen LogP contribution < -0.4 is 4.74 Å². The number of benzene rings is 1. The highest BCUT2D eigenvalue weighted by Gasteiger charge is 1.96. The molecule has 1 aromatic carbocycles. The smallest absolute Gasteiger partial charge is 0.119 e. The molecule has 1 heteroatoms. The number of rotatable bonds is 19. The van der Waals surface area contributed by atoms with Gasteiger partial charge in [0.2, 0.25) is 0 Å². The highest BCUT2D eigenvalue weighted by molar-refractivity contribution is 5.48. The van der Waals surface area contributed by atoms with Crippen LogP contribution in [0.2, 0.25) is 0 Å². The van der Waals surface area contributed by atoms with E-state index in [2.05, 4.69) is 25.6 Å². The summed E-state index contributed by atoms with van der Waals surface area (Å²) >= 11 is 0. The molecular formula is C26H44O. The molecule has 0 aliphatic carbocycles. The van der Waals surface area contributed by atoms with Gasteiger partial charge in [-0.2, -0.15) is 0 Å². The molecule has 0 saturated carbocycles. The van der Waals surface area contributed by atoms with Gasteiger partial charge in [0.15, 0.2) is 0 Å². The maximum absolute atomic E-state index is 5.79. The minimum absolute atomic E-state index is 0.839. The van der Waals surface area contributed by atoms with Gasteiger partial charge < -0.3 is 4.74 Å². The minimum atomic E-state index is 0.839. The maximum Gasteiger partial charge on any atom is 0.119 e. The molecule has 0 atom stereocenters. The van der Waals surface area contributed by atoms with Gasteiger partial charge in [-0.25, -0.2) is 0 Å². The molecule has 0 aliphatic heterocycles. The largest absolute Gasteiger partial charge is 0.494 e. The van der Waals surface area contributed by atoms with E-state index in [4.69, 9.17) is 4.74 Å². The van der Waals surface area contributed by atoms with Crippen LogP contribution in [0, 0.1) is 0 Å². The van der Waals surface area contributed by atoms with Crippen LogP contribution in [0.25, 0.3) is 6.08 Å². The maximum atomic E-state index is 5.79. The summed E-state index contributed by atoms with van der Waals surface area (Å²) in [7, 11) is 0. The van der Waals surface area contributed by atoms with E-state index in [0.717, 1.165) is 17.9 Å². The Kier molecular flexibility index (Phi) is 16.0. The number of ether oxygens (including phenoxy) is 1. The Morgan fingerprint density at radius 1 is 0.630 bits per heavy atom. The molecule has 0 heterocycles. The van der Waals surface area contributed by atoms with Crippen molar-refractivity contribution in [2.24, 2.45) is 0 Å². The van der Waals surface area contributed by atoms with Crippen molar-refractivity contribution in [2.75, 3.05) is 6.61 Å². The average molecular weight is 373 g/mol. The fraction of sp³-hybridized carbons (Fsp3) is 0.692. The molecule has 0 aliphatic rings. The second-order valence-electron chi connectivity index (χ2n) is 7.92. The summed E-state index contributed by atoms with van der Waals surface area (Å²) in [5.41, 5.74) is 1.14. The number of hydrogen-bond acceptors (Lipinski definition) is 1. The lowest BCUT2D eigenvalue weighted by Gasteiger charge is -2.06. The second kappa shape index (κ2) is 18.1. The quantitative estimate of drug-likeness (QED) is 0.220. The standard InChI is InChI=1S/C26H44O/c1-3-5-6-7-8-9-10-11-12-13-14-15-16-17-18-19-24-27-26-22-20-25(4-2)21-23-26/h4,20-23H,2-3,5-19,24H2,1H3. The Labute approximate surface area is 169 Å². The predicted octanol–water partition coefficient (Wildman–Crippen LogP) is 8.97. The van der Waals surface area contributed by atoms with Crippen LogP contribution in [0.1, 0.15) is 115 Å². The highest BCUT2D eigenvalue weighted by Crippen LogP contribution is 2.15. The Morgan fingerprint density at radius 3 is 1.44 bits per heavy atom. The van der Waals surface area contributed by atoms with Crippen molar-refractivity contribution in [3.05, 3.63) is 36.4 Å². The highest BCUT2D eigenvalue weighted by atomic mass is 16.5. The van der Waals surface area contributed by atoms with Gasteiger partial charge >= 0.3 is 0 Å². The molecule has 0 aromatic heterocycles. The molecule has 0 N–H and O–H groups in total. The normalized spacial score (nSPS) is 10.9. The summed E-state index contributed by atoms with van der Waals surface area (Å²) in [6.07, 6.45) is 24.4. The number of unbranched alkanes of at least 4 members (excludes halogenated alkanes) is 15. The Hall–Kier alpha value is -1.24. The first-order chi connectivity index (χ1) is 13.4. The van der Waals surface area contributed by atoms with E-state index in [9.17, 15) is 0 Å². The fourth-order valence-corrected chi connectivity index (χ4v) is 3.54. The summed E-state index contributed by atoms with van der Waals surface area (Å²) in [6.45, 7) is 6.90. The first-order valence-corrected chi connectivity index (χ1v) is 11.7. The monoisotopic (exact) mass is 372 g/mol. The van der Waals surface area contributed by atoms with Gasteiger partial charge in [-0.15, -0.1) is 0 Å². The molecule has 0 saturated heterocycles. The van der Waals surface area contributed by atoms with Crippen molar-refractivity contribution in [3.63, 3.8) is 0 Å². The second-order valence-corrected chi connectivity index (χ2v) is 7.92. The Balaban J connectivity index is 1.76. The van der Waals surface area contributed by atoms with Crippen molar-refractivity contribution in [2.45, 2.75) is 110 Å². The van der Waals surface area contributed by atoms with E-state index in [0.29, 0.717) is 0 Å². The minimum Gasteiger partial charge on any atom is -0.494 e. The van der Waals surface area contributed by atoms with Crippen LogP contribution in [-0.4, -0.2) is 6.61 Å². The lowest BCUT2D eigenvalue weighted by Crippen LogP contribution is -1.97.